The Kier molecular flexibility index (Phi) is 1.54. The summed E-state index contributed by atoms with van der Waals surface area (Å²) in [6, 6.07) is 0. The van der Waals surface area contributed by atoms with E-state index in [1.54, 1.807) is 0 Å². The molecule has 0 aliphatic carbocycles. The van der Waals surface area contributed by atoms with Crippen LogP contribution in [0.1, 0.15) is 8.27 Å². The Morgan fingerprint density at radius 1 is 1.91 bits per heavy atom. The highest BCUT2D eigenvalue weighted by molar-refractivity contribution is 5.80. The van der Waals surface area contributed by atoms with Gasteiger partial charge in [0.15, 0.2) is 0 Å². The van der Waals surface area contributed by atoms with Crippen LogP contribution in [0, 0.1) is 0 Å². The van der Waals surface area contributed by atoms with E-state index < -0.39 is 37.4 Å². The maximum absolute atomic E-state index is 13.3. The molecule has 0 bridgehead atoms. The van der Waals surface area contributed by atoms with E-state index in [1.165, 1.54) is 0 Å². The van der Waals surface area contributed by atoms with Crippen LogP contribution in [0.15, 0.2) is 0 Å². The van der Waals surface area contributed by atoms with Crippen molar-refractivity contribution in [1.82, 2.24) is 0 Å². The molecule has 5 heteroatoms. The Bertz CT molecular complexity index is 200. The third-order valence-corrected chi connectivity index (χ3v) is 1.56. The molecule has 0 amide bonds. The molecule has 4 nitrogen and oxygen atoms in total. The van der Waals surface area contributed by atoms with Gasteiger partial charge in [-0.3, -0.25) is 0 Å². The third-order valence-electron chi connectivity index (χ3n) is 1.56. The summed E-state index contributed by atoms with van der Waals surface area (Å²) in [7, 11) is 0. The number of hydrogen-bond acceptors (Lipinski definition) is 4. The maximum atomic E-state index is 13.3. The number of carbonyl (C=O) groups excluding carboxylic acids is 1. The summed E-state index contributed by atoms with van der Waals surface area (Å²) in [6.45, 7) is -1.38. The zero-order valence-electron chi connectivity index (χ0n) is 6.66. The Morgan fingerprint density at radius 3 is 3.00 bits per heavy atom. The van der Waals surface area contributed by atoms with Crippen molar-refractivity contribution in [3.05, 3.63) is 0 Å². The van der Waals surface area contributed by atoms with Gasteiger partial charge >= 0.3 is 5.97 Å². The van der Waals surface area contributed by atoms with Crippen molar-refractivity contribution in [3.63, 3.8) is 0 Å². The Hall–Kier alpha value is -0.680. The summed E-state index contributed by atoms with van der Waals surface area (Å²) in [5.74, 6) is -1.28. The smallest absolute Gasteiger partial charge is 0.346 e. The van der Waals surface area contributed by atoms with Gasteiger partial charge in [-0.05, 0) is 6.90 Å². The lowest BCUT2D eigenvalue weighted by Gasteiger charge is -2.32. The fourth-order valence-corrected chi connectivity index (χ4v) is 0.798. The molecule has 1 saturated heterocycles. The SMILES string of the molecule is [2H]C[C@]1(F)C(=O)OC[C@@H](O)[C@H]1O. The van der Waals surface area contributed by atoms with Crippen LogP contribution >= 0.6 is 0 Å². The highest BCUT2D eigenvalue weighted by Crippen LogP contribution is 2.24. The minimum absolute atomic E-state index is 0.425. The number of cyclic esters (lactones) is 1. The van der Waals surface area contributed by atoms with E-state index in [0.717, 1.165) is 0 Å². The molecule has 0 aromatic heterocycles. The molecule has 1 aliphatic heterocycles. The lowest BCUT2D eigenvalue weighted by atomic mass is 9.95. The van der Waals surface area contributed by atoms with Gasteiger partial charge in [-0.25, -0.2) is 9.18 Å². The number of alkyl halides is 1. The molecule has 2 N–H and O–H groups in total. The largest absolute Gasteiger partial charge is 0.460 e. The minimum atomic E-state index is -2.78. The highest BCUT2D eigenvalue weighted by atomic mass is 19.1. The summed E-state index contributed by atoms with van der Waals surface area (Å²) in [6.07, 6.45) is -3.31. The molecule has 0 aromatic carbocycles. The molecule has 0 aromatic rings. The molecule has 0 saturated carbocycles. The van der Waals surface area contributed by atoms with Crippen LogP contribution in [0.4, 0.5) is 4.39 Å². The second kappa shape index (κ2) is 2.42. The normalized spacial score (nSPS) is 46.5. The van der Waals surface area contributed by atoms with Crippen LogP contribution in [0.5, 0.6) is 0 Å². The van der Waals surface area contributed by atoms with Crippen LogP contribution in [-0.4, -0.2) is 40.7 Å². The second-order valence-corrected chi connectivity index (χ2v) is 2.47. The topological polar surface area (TPSA) is 66.8 Å². The van der Waals surface area contributed by atoms with Gasteiger partial charge in [0.25, 0.3) is 0 Å². The van der Waals surface area contributed by atoms with Crippen molar-refractivity contribution in [2.24, 2.45) is 0 Å². The van der Waals surface area contributed by atoms with Crippen molar-refractivity contribution in [2.75, 3.05) is 6.61 Å². The Labute approximate surface area is 64.0 Å². The minimum Gasteiger partial charge on any atom is -0.460 e. The summed E-state index contributed by atoms with van der Waals surface area (Å²) >= 11 is 0. The number of hydrogen-bond donors (Lipinski definition) is 2. The molecule has 64 valence electrons. The third kappa shape index (κ3) is 1.21. The van der Waals surface area contributed by atoms with Crippen LogP contribution in [0.25, 0.3) is 0 Å². The van der Waals surface area contributed by atoms with Crippen LogP contribution < -0.4 is 0 Å². The van der Waals surface area contributed by atoms with Crippen molar-refractivity contribution in [1.29, 1.82) is 0 Å². The molecule has 0 spiro atoms. The van der Waals surface area contributed by atoms with E-state index >= 15 is 0 Å². The first-order valence-electron chi connectivity index (χ1n) is 3.74. The highest BCUT2D eigenvalue weighted by Gasteiger charge is 2.50. The standard InChI is InChI=1S/C6H9FO4/c1-6(7)4(9)3(8)2-11-5(6)10/h3-4,8-9H,2H2,1H3/t3-,4-,6-/m1/s1/i1D. The van der Waals surface area contributed by atoms with E-state index in [1.807, 2.05) is 0 Å². The number of ether oxygens (including phenoxy) is 1. The molecule has 1 aliphatic rings. The van der Waals surface area contributed by atoms with Crippen LogP contribution in [0.2, 0.25) is 0 Å². The lowest BCUT2D eigenvalue weighted by Crippen LogP contribution is -2.56. The van der Waals surface area contributed by atoms with Crippen molar-refractivity contribution in [3.8, 4) is 0 Å². The Morgan fingerprint density at radius 2 is 2.55 bits per heavy atom. The Balaban J connectivity index is 2.85. The zero-order chi connectivity index (χ0) is 9.35. The van der Waals surface area contributed by atoms with Gasteiger partial charge in [0.1, 0.15) is 18.8 Å². The molecular weight excluding hydrogens is 155 g/mol. The molecule has 0 unspecified atom stereocenters. The van der Waals surface area contributed by atoms with E-state index in [9.17, 15) is 9.18 Å². The van der Waals surface area contributed by atoms with Crippen LogP contribution in [0.3, 0.4) is 0 Å². The number of aliphatic hydroxyl groups is 2. The fraction of sp³-hybridized carbons (Fsp3) is 0.833. The van der Waals surface area contributed by atoms with E-state index in [2.05, 4.69) is 4.74 Å². The fourth-order valence-electron chi connectivity index (χ4n) is 0.798. The summed E-state index contributed by atoms with van der Waals surface area (Å²) in [4.78, 5) is 10.7. The average Bonchev–Trinajstić information content (AvgIpc) is 2.08. The number of rotatable bonds is 0. The summed E-state index contributed by atoms with van der Waals surface area (Å²) < 4.78 is 24.2. The number of halogens is 1. The predicted octanol–water partition coefficient (Wildman–Crippen LogP) is -1.01. The molecule has 1 rings (SSSR count). The van der Waals surface area contributed by atoms with E-state index in [4.69, 9.17) is 11.6 Å². The van der Waals surface area contributed by atoms with Gasteiger partial charge in [0.05, 0.1) is 0 Å². The summed E-state index contributed by atoms with van der Waals surface area (Å²) in [5.41, 5.74) is -2.78. The second-order valence-electron chi connectivity index (χ2n) is 2.47. The van der Waals surface area contributed by atoms with Gasteiger partial charge in [-0.2, -0.15) is 0 Å². The molecule has 1 heterocycles. The number of carbonyl (C=O) groups is 1. The quantitative estimate of drug-likeness (QED) is 0.451. The van der Waals surface area contributed by atoms with Gasteiger partial charge in [0.2, 0.25) is 5.67 Å². The molecular formula is C6H9FO4. The molecule has 0 radical (unpaired) electrons. The number of esters is 1. The summed E-state index contributed by atoms with van der Waals surface area (Å²) in [5, 5.41) is 17.9. The van der Waals surface area contributed by atoms with Gasteiger partial charge in [-0.1, -0.05) is 0 Å². The van der Waals surface area contributed by atoms with Gasteiger partial charge in [-0.15, -0.1) is 0 Å². The molecule has 3 atom stereocenters. The van der Waals surface area contributed by atoms with Crippen molar-refractivity contribution in [2.45, 2.75) is 24.8 Å². The van der Waals surface area contributed by atoms with E-state index in [-0.39, 0.29) is 0 Å². The molecule has 1 fully saturated rings. The van der Waals surface area contributed by atoms with E-state index in [0.29, 0.717) is 0 Å². The molecule has 11 heavy (non-hydrogen) atoms. The lowest BCUT2D eigenvalue weighted by molar-refractivity contribution is -0.193. The first kappa shape index (κ1) is 7.00. The first-order valence-corrected chi connectivity index (χ1v) is 3.04. The maximum Gasteiger partial charge on any atom is 0.346 e. The zero-order valence-corrected chi connectivity index (χ0v) is 5.66. The van der Waals surface area contributed by atoms with Crippen LogP contribution in [-0.2, 0) is 9.53 Å². The first-order chi connectivity index (χ1) is 5.52. The average molecular weight is 165 g/mol. The van der Waals surface area contributed by atoms with Crippen molar-refractivity contribution < 1.29 is 25.5 Å². The monoisotopic (exact) mass is 165 g/mol. The van der Waals surface area contributed by atoms with Crippen molar-refractivity contribution >= 4 is 5.97 Å². The van der Waals surface area contributed by atoms with Gasteiger partial charge in [0, 0.05) is 1.37 Å². The number of aliphatic hydroxyl groups excluding tert-OH is 2. The predicted molar refractivity (Wildman–Crippen MR) is 32.5 cm³/mol. The van der Waals surface area contributed by atoms with Gasteiger partial charge < -0.3 is 14.9 Å².